The molecule has 1 N–H and O–H groups in total. The third-order valence-electron chi connectivity index (χ3n) is 2.68. The molecular weight excluding hydrogens is 259 g/mol. The number of para-hydroxylation sites is 1. The fraction of sp³-hybridized carbons (Fsp3) is 0.133. The second kappa shape index (κ2) is 6.56. The number of hydrazone groups is 1. The van der Waals surface area contributed by atoms with Crippen LogP contribution in [0, 0.1) is 5.82 Å². The first-order chi connectivity index (χ1) is 9.74. The number of nitrogens with zero attached hydrogens (tertiary/aromatic N) is 1. The first kappa shape index (κ1) is 13.9. The number of halogens is 1. The van der Waals surface area contributed by atoms with Crippen LogP contribution in [0.5, 0.6) is 11.5 Å². The molecule has 0 aliphatic rings. The smallest absolute Gasteiger partial charge is 0.139 e. The third kappa shape index (κ3) is 3.26. The van der Waals surface area contributed by atoms with Crippen LogP contribution in [-0.2, 0) is 0 Å². The average Bonchev–Trinajstić information content (AvgIpc) is 2.49. The lowest BCUT2D eigenvalue weighted by atomic mass is 10.2. The molecule has 0 amide bonds. The quantitative estimate of drug-likeness (QED) is 0.672. The molecule has 0 atom stereocenters. The van der Waals surface area contributed by atoms with Crippen LogP contribution in [0.2, 0.25) is 0 Å². The van der Waals surface area contributed by atoms with Crippen LogP contribution in [0.3, 0.4) is 0 Å². The van der Waals surface area contributed by atoms with Crippen LogP contribution in [0.25, 0.3) is 0 Å². The normalized spacial score (nSPS) is 10.6. The van der Waals surface area contributed by atoms with E-state index >= 15 is 0 Å². The highest BCUT2D eigenvalue weighted by molar-refractivity contribution is 5.84. The number of anilines is 1. The number of ether oxygens (including phenoxy) is 2. The maximum atomic E-state index is 13.9. The van der Waals surface area contributed by atoms with Crippen LogP contribution in [0.4, 0.5) is 10.1 Å². The van der Waals surface area contributed by atoms with Gasteiger partial charge in [-0.2, -0.15) is 5.10 Å². The fourth-order valence-corrected chi connectivity index (χ4v) is 1.67. The summed E-state index contributed by atoms with van der Waals surface area (Å²) in [6, 6.07) is 12.3. The summed E-state index contributed by atoms with van der Waals surface area (Å²) in [5.41, 5.74) is 3.89. The van der Waals surface area contributed by atoms with E-state index in [9.17, 15) is 4.39 Å². The number of rotatable bonds is 5. The van der Waals surface area contributed by atoms with Gasteiger partial charge in [0.15, 0.2) is 0 Å². The van der Waals surface area contributed by atoms with Crippen LogP contribution < -0.4 is 14.9 Å². The van der Waals surface area contributed by atoms with Gasteiger partial charge in [-0.3, -0.25) is 5.43 Å². The van der Waals surface area contributed by atoms with E-state index in [1.54, 1.807) is 6.07 Å². The van der Waals surface area contributed by atoms with Gasteiger partial charge in [0.25, 0.3) is 0 Å². The summed E-state index contributed by atoms with van der Waals surface area (Å²) in [6.45, 7) is 0. The molecule has 4 nitrogen and oxygen atoms in total. The summed E-state index contributed by atoms with van der Waals surface area (Å²) in [5, 5.41) is 4.00. The van der Waals surface area contributed by atoms with Crippen molar-refractivity contribution in [3.63, 3.8) is 0 Å². The van der Waals surface area contributed by atoms with Gasteiger partial charge in [-0.05, 0) is 12.1 Å². The Kier molecular flexibility index (Phi) is 4.55. The predicted molar refractivity (Wildman–Crippen MR) is 77.2 cm³/mol. The second-order valence-electron chi connectivity index (χ2n) is 3.96. The minimum absolute atomic E-state index is 0.261. The molecule has 0 saturated carbocycles. The molecule has 20 heavy (non-hydrogen) atoms. The van der Waals surface area contributed by atoms with Crippen LogP contribution in [0.15, 0.2) is 47.6 Å². The van der Waals surface area contributed by atoms with Gasteiger partial charge in [0.05, 0.1) is 31.7 Å². The summed E-state index contributed by atoms with van der Waals surface area (Å²) in [7, 11) is 2.94. The van der Waals surface area contributed by atoms with Gasteiger partial charge in [-0.25, -0.2) is 4.39 Å². The minimum Gasteiger partial charge on any atom is -0.497 e. The van der Waals surface area contributed by atoms with Crippen molar-refractivity contribution in [1.29, 1.82) is 0 Å². The van der Waals surface area contributed by atoms with Crippen molar-refractivity contribution >= 4 is 11.9 Å². The molecule has 0 fully saturated rings. The van der Waals surface area contributed by atoms with Crippen molar-refractivity contribution in [3.8, 4) is 11.5 Å². The maximum Gasteiger partial charge on any atom is 0.139 e. The highest BCUT2D eigenvalue weighted by atomic mass is 19.1. The molecule has 0 aromatic heterocycles. The summed E-state index contributed by atoms with van der Waals surface area (Å²) >= 11 is 0. The second-order valence-corrected chi connectivity index (χ2v) is 3.96. The van der Waals surface area contributed by atoms with Gasteiger partial charge in [-0.1, -0.05) is 18.2 Å². The van der Waals surface area contributed by atoms with Crippen LogP contribution in [-0.4, -0.2) is 20.4 Å². The first-order valence-electron chi connectivity index (χ1n) is 6.00. The SMILES string of the molecule is COc1cc(F)c(C=NNc2ccccc2)c(OC)c1. The monoisotopic (exact) mass is 274 g/mol. The molecule has 0 heterocycles. The van der Waals surface area contributed by atoms with E-state index in [-0.39, 0.29) is 5.56 Å². The van der Waals surface area contributed by atoms with Gasteiger partial charge < -0.3 is 9.47 Å². The van der Waals surface area contributed by atoms with E-state index in [4.69, 9.17) is 9.47 Å². The van der Waals surface area contributed by atoms with Crippen molar-refractivity contribution in [2.24, 2.45) is 5.10 Å². The van der Waals surface area contributed by atoms with E-state index in [2.05, 4.69) is 10.5 Å². The Balaban J connectivity index is 2.20. The standard InChI is InChI=1S/C15H15FN2O2/c1-19-12-8-14(16)13(15(9-12)20-2)10-17-18-11-6-4-3-5-7-11/h3-10,18H,1-2H3. The maximum absolute atomic E-state index is 13.9. The Morgan fingerprint density at radius 2 is 1.85 bits per heavy atom. The molecule has 0 radical (unpaired) electrons. The molecule has 0 aliphatic carbocycles. The minimum atomic E-state index is -0.459. The van der Waals surface area contributed by atoms with E-state index < -0.39 is 5.82 Å². The van der Waals surface area contributed by atoms with Crippen molar-refractivity contribution < 1.29 is 13.9 Å². The zero-order valence-electron chi connectivity index (χ0n) is 11.3. The topological polar surface area (TPSA) is 42.8 Å². The molecule has 0 aliphatic heterocycles. The van der Waals surface area contributed by atoms with Gasteiger partial charge in [-0.15, -0.1) is 0 Å². The molecule has 0 saturated heterocycles. The fourth-order valence-electron chi connectivity index (χ4n) is 1.67. The van der Waals surface area contributed by atoms with E-state index in [1.165, 1.54) is 26.5 Å². The Hall–Kier alpha value is -2.56. The van der Waals surface area contributed by atoms with Gasteiger partial charge in [0.1, 0.15) is 17.3 Å². The zero-order valence-corrected chi connectivity index (χ0v) is 11.3. The lowest BCUT2D eigenvalue weighted by molar-refractivity contribution is 0.388. The number of hydrogen-bond donors (Lipinski definition) is 1. The Bertz CT molecular complexity index is 600. The Morgan fingerprint density at radius 3 is 2.50 bits per heavy atom. The molecule has 0 unspecified atom stereocenters. The van der Waals surface area contributed by atoms with E-state index in [0.29, 0.717) is 11.5 Å². The summed E-state index contributed by atoms with van der Waals surface area (Å²) in [5.74, 6) is 0.299. The lowest BCUT2D eigenvalue weighted by Crippen LogP contribution is -1.98. The van der Waals surface area contributed by atoms with Gasteiger partial charge in [0, 0.05) is 12.1 Å². The molecule has 0 bridgehead atoms. The molecule has 0 spiro atoms. The highest BCUT2D eigenvalue weighted by Crippen LogP contribution is 2.26. The first-order valence-corrected chi connectivity index (χ1v) is 6.00. The number of methoxy groups -OCH3 is 2. The van der Waals surface area contributed by atoms with Crippen molar-refractivity contribution in [1.82, 2.24) is 0 Å². The number of nitrogens with one attached hydrogen (secondary N) is 1. The Labute approximate surface area is 116 Å². The van der Waals surface area contributed by atoms with Crippen molar-refractivity contribution in [2.75, 3.05) is 19.6 Å². The molecule has 5 heteroatoms. The molecule has 104 valence electrons. The predicted octanol–water partition coefficient (Wildman–Crippen LogP) is 3.29. The third-order valence-corrected chi connectivity index (χ3v) is 2.68. The molecule has 2 aromatic carbocycles. The van der Waals surface area contributed by atoms with E-state index in [0.717, 1.165) is 5.69 Å². The van der Waals surface area contributed by atoms with E-state index in [1.807, 2.05) is 30.3 Å². The molecular formula is C15H15FN2O2. The van der Waals surface area contributed by atoms with Crippen molar-refractivity contribution in [2.45, 2.75) is 0 Å². The van der Waals surface area contributed by atoms with Gasteiger partial charge in [0.2, 0.25) is 0 Å². The van der Waals surface area contributed by atoms with Crippen molar-refractivity contribution in [3.05, 3.63) is 53.8 Å². The zero-order chi connectivity index (χ0) is 14.4. The Morgan fingerprint density at radius 1 is 1.10 bits per heavy atom. The van der Waals surface area contributed by atoms with Gasteiger partial charge >= 0.3 is 0 Å². The largest absolute Gasteiger partial charge is 0.497 e. The molecule has 2 rings (SSSR count). The average molecular weight is 274 g/mol. The van der Waals surface area contributed by atoms with Crippen LogP contribution in [0.1, 0.15) is 5.56 Å². The summed E-state index contributed by atoms with van der Waals surface area (Å²) < 4.78 is 24.0. The summed E-state index contributed by atoms with van der Waals surface area (Å²) in [4.78, 5) is 0. The summed E-state index contributed by atoms with van der Waals surface area (Å²) in [6.07, 6.45) is 1.38. The number of hydrogen-bond acceptors (Lipinski definition) is 4. The highest BCUT2D eigenvalue weighted by Gasteiger charge is 2.10. The lowest BCUT2D eigenvalue weighted by Gasteiger charge is -2.08. The molecule has 2 aromatic rings. The number of benzene rings is 2. The van der Waals surface area contributed by atoms with Crippen LogP contribution >= 0.6 is 0 Å².